The third kappa shape index (κ3) is 3.22. The summed E-state index contributed by atoms with van der Waals surface area (Å²) in [6, 6.07) is 2.08. The Hall–Kier alpha value is -0.780. The molecule has 0 aliphatic rings. The summed E-state index contributed by atoms with van der Waals surface area (Å²) in [7, 11) is 0. The third-order valence-electron chi connectivity index (χ3n) is 1.85. The maximum Gasteiger partial charge on any atom is 0.0668 e. The Morgan fingerprint density at radius 3 is 2.92 bits per heavy atom. The Balaban J connectivity index is 2.62. The van der Waals surface area contributed by atoms with Crippen molar-refractivity contribution in [3.63, 3.8) is 0 Å². The molecule has 0 amide bonds. The monoisotopic (exact) mass is 193 g/mol. The van der Waals surface area contributed by atoms with E-state index in [1.165, 1.54) is 4.88 Å². The zero-order valence-electron chi connectivity index (χ0n) is 8.13. The van der Waals surface area contributed by atoms with Crippen molar-refractivity contribution < 1.29 is 0 Å². The molecule has 0 saturated carbocycles. The fraction of sp³-hybridized carbons (Fsp3) is 0.455. The zero-order valence-corrected chi connectivity index (χ0v) is 8.95. The molecule has 0 saturated heterocycles. The van der Waals surface area contributed by atoms with Crippen LogP contribution in [0.15, 0.2) is 11.4 Å². The molecule has 1 nitrogen and oxygen atoms in total. The molecular formula is C11H15NS. The van der Waals surface area contributed by atoms with Crippen LogP contribution >= 0.6 is 11.3 Å². The van der Waals surface area contributed by atoms with E-state index in [1.54, 1.807) is 11.3 Å². The molecule has 2 N–H and O–H groups in total. The van der Waals surface area contributed by atoms with Crippen LogP contribution in [0.2, 0.25) is 0 Å². The van der Waals surface area contributed by atoms with Crippen LogP contribution in [0.5, 0.6) is 0 Å². The van der Waals surface area contributed by atoms with Crippen molar-refractivity contribution in [1.29, 1.82) is 0 Å². The molecule has 0 spiro atoms. The lowest BCUT2D eigenvalue weighted by molar-refractivity contribution is 0.720. The van der Waals surface area contributed by atoms with Gasteiger partial charge in [-0.05, 0) is 24.8 Å². The lowest BCUT2D eigenvalue weighted by Crippen LogP contribution is -2.16. The van der Waals surface area contributed by atoms with Gasteiger partial charge in [-0.2, -0.15) is 0 Å². The van der Waals surface area contributed by atoms with Crippen molar-refractivity contribution in [1.82, 2.24) is 0 Å². The summed E-state index contributed by atoms with van der Waals surface area (Å²) >= 11 is 1.73. The summed E-state index contributed by atoms with van der Waals surface area (Å²) in [5.74, 6) is 6.17. The minimum atomic E-state index is 0.0318. The number of hydrogen-bond donors (Lipinski definition) is 1. The van der Waals surface area contributed by atoms with Crippen LogP contribution in [-0.4, -0.2) is 6.04 Å². The molecule has 0 aromatic carbocycles. The summed E-state index contributed by atoms with van der Waals surface area (Å²) < 4.78 is 0. The zero-order chi connectivity index (χ0) is 9.68. The molecule has 1 atom stereocenters. The van der Waals surface area contributed by atoms with Crippen molar-refractivity contribution >= 4 is 11.3 Å². The topological polar surface area (TPSA) is 26.0 Å². The van der Waals surface area contributed by atoms with E-state index in [-0.39, 0.29) is 6.04 Å². The lowest BCUT2D eigenvalue weighted by Gasteiger charge is -1.98. The number of rotatable bonds is 2. The second kappa shape index (κ2) is 5.06. The van der Waals surface area contributed by atoms with Crippen LogP contribution in [0.3, 0.4) is 0 Å². The van der Waals surface area contributed by atoms with Crippen molar-refractivity contribution in [2.75, 3.05) is 0 Å². The molecule has 1 aromatic heterocycles. The van der Waals surface area contributed by atoms with Gasteiger partial charge in [0.25, 0.3) is 0 Å². The van der Waals surface area contributed by atoms with Gasteiger partial charge in [-0.25, -0.2) is 0 Å². The number of hydrogen-bond acceptors (Lipinski definition) is 2. The van der Waals surface area contributed by atoms with Crippen molar-refractivity contribution in [2.24, 2.45) is 5.73 Å². The SMILES string of the molecule is CCCC(N)C#Cc1ccsc1C. The summed E-state index contributed by atoms with van der Waals surface area (Å²) in [6.45, 7) is 4.21. The van der Waals surface area contributed by atoms with E-state index in [1.807, 2.05) is 6.07 Å². The van der Waals surface area contributed by atoms with E-state index in [2.05, 4.69) is 31.1 Å². The van der Waals surface area contributed by atoms with E-state index < -0.39 is 0 Å². The Kier molecular flexibility index (Phi) is 4.01. The summed E-state index contributed by atoms with van der Waals surface area (Å²) in [4.78, 5) is 1.27. The van der Waals surface area contributed by atoms with Crippen molar-refractivity contribution in [3.8, 4) is 11.8 Å². The van der Waals surface area contributed by atoms with E-state index in [9.17, 15) is 0 Å². The van der Waals surface area contributed by atoms with E-state index in [0.717, 1.165) is 18.4 Å². The quantitative estimate of drug-likeness (QED) is 0.718. The molecule has 1 heterocycles. The van der Waals surface area contributed by atoms with Gasteiger partial charge in [0, 0.05) is 10.4 Å². The average molecular weight is 193 g/mol. The minimum absolute atomic E-state index is 0.0318. The second-order valence-electron chi connectivity index (χ2n) is 3.05. The van der Waals surface area contributed by atoms with Gasteiger partial charge < -0.3 is 5.73 Å². The van der Waals surface area contributed by atoms with Gasteiger partial charge in [0.05, 0.1) is 6.04 Å². The van der Waals surface area contributed by atoms with Crippen LogP contribution in [0.25, 0.3) is 0 Å². The predicted octanol–water partition coefficient (Wildman–Crippen LogP) is 2.54. The van der Waals surface area contributed by atoms with Crippen LogP contribution in [0, 0.1) is 18.8 Å². The smallest absolute Gasteiger partial charge is 0.0668 e. The molecular weight excluding hydrogens is 178 g/mol. The van der Waals surface area contributed by atoms with E-state index in [4.69, 9.17) is 5.73 Å². The number of aryl methyl sites for hydroxylation is 1. The normalized spacial score (nSPS) is 11.9. The maximum absolute atomic E-state index is 5.78. The molecule has 0 radical (unpaired) electrons. The summed E-state index contributed by atoms with van der Waals surface area (Å²) in [6.07, 6.45) is 2.08. The minimum Gasteiger partial charge on any atom is -0.318 e. The van der Waals surface area contributed by atoms with Gasteiger partial charge in [-0.3, -0.25) is 0 Å². The Morgan fingerprint density at radius 2 is 2.38 bits per heavy atom. The average Bonchev–Trinajstić information content (AvgIpc) is 2.48. The molecule has 0 bridgehead atoms. The molecule has 0 aliphatic carbocycles. The first-order chi connectivity index (χ1) is 6.24. The van der Waals surface area contributed by atoms with E-state index in [0.29, 0.717) is 0 Å². The van der Waals surface area contributed by atoms with Gasteiger partial charge in [-0.1, -0.05) is 25.2 Å². The maximum atomic E-state index is 5.78. The fourth-order valence-electron chi connectivity index (χ4n) is 1.07. The molecule has 1 unspecified atom stereocenters. The number of nitrogens with two attached hydrogens (primary N) is 1. The molecule has 2 heteroatoms. The Morgan fingerprint density at radius 1 is 1.62 bits per heavy atom. The highest BCUT2D eigenvalue weighted by Crippen LogP contribution is 2.13. The van der Waals surface area contributed by atoms with Gasteiger partial charge in [0.15, 0.2) is 0 Å². The van der Waals surface area contributed by atoms with Crippen LogP contribution in [0.1, 0.15) is 30.2 Å². The van der Waals surface area contributed by atoms with Gasteiger partial charge in [0.2, 0.25) is 0 Å². The lowest BCUT2D eigenvalue weighted by atomic mass is 10.1. The van der Waals surface area contributed by atoms with Crippen molar-refractivity contribution in [2.45, 2.75) is 32.7 Å². The number of thiophene rings is 1. The largest absolute Gasteiger partial charge is 0.318 e. The Bertz CT molecular complexity index is 316. The summed E-state index contributed by atoms with van der Waals surface area (Å²) in [5, 5.41) is 2.06. The highest BCUT2D eigenvalue weighted by Gasteiger charge is 1.96. The summed E-state index contributed by atoms with van der Waals surface area (Å²) in [5.41, 5.74) is 6.90. The molecule has 0 fully saturated rings. The highest BCUT2D eigenvalue weighted by molar-refractivity contribution is 7.10. The van der Waals surface area contributed by atoms with Gasteiger partial charge >= 0.3 is 0 Å². The van der Waals surface area contributed by atoms with Crippen LogP contribution in [0.4, 0.5) is 0 Å². The van der Waals surface area contributed by atoms with Crippen molar-refractivity contribution in [3.05, 3.63) is 21.9 Å². The van der Waals surface area contributed by atoms with Crippen LogP contribution < -0.4 is 5.73 Å². The standard InChI is InChI=1S/C11H15NS/c1-3-4-11(12)6-5-10-7-8-13-9(10)2/h7-8,11H,3-4,12H2,1-2H3. The fourth-order valence-corrected chi connectivity index (χ4v) is 1.72. The highest BCUT2D eigenvalue weighted by atomic mass is 32.1. The second-order valence-corrected chi connectivity index (χ2v) is 4.18. The van der Waals surface area contributed by atoms with Gasteiger partial charge in [0.1, 0.15) is 0 Å². The van der Waals surface area contributed by atoms with E-state index >= 15 is 0 Å². The molecule has 0 aliphatic heterocycles. The first-order valence-corrected chi connectivity index (χ1v) is 5.43. The first-order valence-electron chi connectivity index (χ1n) is 4.55. The molecule has 70 valence electrons. The van der Waals surface area contributed by atoms with Gasteiger partial charge in [-0.15, -0.1) is 11.3 Å². The third-order valence-corrected chi connectivity index (χ3v) is 2.70. The molecule has 1 aromatic rings. The first kappa shape index (κ1) is 10.3. The molecule has 1 rings (SSSR count). The molecule has 13 heavy (non-hydrogen) atoms. The van der Waals surface area contributed by atoms with Crippen LogP contribution in [-0.2, 0) is 0 Å². The Labute approximate surface area is 84.0 Å². The predicted molar refractivity (Wildman–Crippen MR) is 58.8 cm³/mol.